The molecule has 0 radical (unpaired) electrons. The van der Waals surface area contributed by atoms with Crippen molar-refractivity contribution in [2.75, 3.05) is 0 Å². The molecule has 0 fully saturated rings. The summed E-state index contributed by atoms with van der Waals surface area (Å²) in [6.07, 6.45) is 0. The second-order valence-corrected chi connectivity index (χ2v) is 3.07. The number of rotatable bonds is 1. The van der Waals surface area contributed by atoms with Crippen LogP contribution in [0.3, 0.4) is 0 Å². The maximum atomic E-state index is 2.21. The van der Waals surface area contributed by atoms with E-state index in [0.717, 1.165) is 0 Å². The molecule has 0 nitrogen and oxygen atoms in total. The predicted octanol–water partition coefficient (Wildman–Crippen LogP) is 3.12. The molecule has 0 saturated carbocycles. The van der Waals surface area contributed by atoms with Gasteiger partial charge in [0.15, 0.2) is 0 Å². The van der Waals surface area contributed by atoms with Crippen LogP contribution in [0.2, 0.25) is 0 Å². The summed E-state index contributed by atoms with van der Waals surface area (Å²) in [5.74, 6) is 0.653. The van der Waals surface area contributed by atoms with Crippen molar-refractivity contribution in [2.24, 2.45) is 0 Å². The van der Waals surface area contributed by atoms with Crippen LogP contribution in [0.25, 0.3) is 0 Å². The first-order valence-electron chi connectivity index (χ1n) is 3.76. The van der Waals surface area contributed by atoms with Gasteiger partial charge in [-0.1, -0.05) is 43.7 Å². The molecule has 11 heavy (non-hydrogen) atoms. The zero-order valence-electron chi connectivity index (χ0n) is 7.24. The van der Waals surface area contributed by atoms with Crippen molar-refractivity contribution >= 4 is 0 Å². The number of hydrogen-bond acceptors (Lipinski definition) is 0. The van der Waals surface area contributed by atoms with Gasteiger partial charge >= 0.3 is 19.5 Å². The summed E-state index contributed by atoms with van der Waals surface area (Å²) in [5, 5.41) is 0. The Morgan fingerprint density at radius 1 is 1.00 bits per heavy atom. The Morgan fingerprint density at radius 3 is 1.82 bits per heavy atom. The molecule has 0 saturated heterocycles. The summed E-state index contributed by atoms with van der Waals surface area (Å²) in [6.45, 7) is 6.54. The monoisotopic (exact) mass is 236 g/mol. The first-order valence-corrected chi connectivity index (χ1v) is 3.76. The maximum absolute atomic E-state index is 2.21. The third-order valence-electron chi connectivity index (χ3n) is 1.74. The van der Waals surface area contributed by atoms with E-state index < -0.39 is 0 Å². The molecule has 0 heterocycles. The Kier molecular flexibility index (Phi) is 4.60. The standard InChI is InChI=1S/C10H14.Ru/c1-8(2)10-6-4-9(3)5-7-10;/h4-8H,1-3H3;/q;+6. The van der Waals surface area contributed by atoms with E-state index in [2.05, 4.69) is 45.0 Å². The van der Waals surface area contributed by atoms with E-state index in [9.17, 15) is 0 Å². The Bertz CT molecular complexity index is 199. The summed E-state index contributed by atoms with van der Waals surface area (Å²) < 4.78 is 0. The van der Waals surface area contributed by atoms with Crippen molar-refractivity contribution in [3.8, 4) is 0 Å². The Hall–Kier alpha value is -0.157. The van der Waals surface area contributed by atoms with Gasteiger partial charge in [0.2, 0.25) is 0 Å². The average Bonchev–Trinajstić information content (AvgIpc) is 1.88. The molecule has 0 bridgehead atoms. The van der Waals surface area contributed by atoms with Crippen molar-refractivity contribution < 1.29 is 19.5 Å². The molecule has 1 aromatic carbocycles. The second-order valence-electron chi connectivity index (χ2n) is 3.07. The molecule has 0 aliphatic rings. The topological polar surface area (TPSA) is 0 Å². The van der Waals surface area contributed by atoms with Crippen LogP contribution in [0, 0.1) is 6.92 Å². The summed E-state index contributed by atoms with van der Waals surface area (Å²) >= 11 is 0. The fraction of sp³-hybridized carbons (Fsp3) is 0.400. The van der Waals surface area contributed by atoms with Gasteiger partial charge in [0, 0.05) is 0 Å². The van der Waals surface area contributed by atoms with Crippen molar-refractivity contribution in [2.45, 2.75) is 26.7 Å². The Balaban J connectivity index is 0.000001000. The molecule has 0 aromatic heterocycles. The van der Waals surface area contributed by atoms with Gasteiger partial charge in [-0.15, -0.1) is 0 Å². The maximum Gasteiger partial charge on any atom is 6.00 e. The molecule has 1 aromatic rings. The van der Waals surface area contributed by atoms with Crippen molar-refractivity contribution in [1.29, 1.82) is 0 Å². The van der Waals surface area contributed by atoms with Crippen LogP contribution in [-0.2, 0) is 19.5 Å². The van der Waals surface area contributed by atoms with Crippen LogP contribution >= 0.6 is 0 Å². The van der Waals surface area contributed by atoms with E-state index in [-0.39, 0.29) is 19.5 Å². The van der Waals surface area contributed by atoms with Crippen LogP contribution in [0.15, 0.2) is 24.3 Å². The normalized spacial score (nSPS) is 9.45. The summed E-state index contributed by atoms with van der Waals surface area (Å²) in [6, 6.07) is 8.71. The Morgan fingerprint density at radius 2 is 1.45 bits per heavy atom. The van der Waals surface area contributed by atoms with Gasteiger partial charge in [0.05, 0.1) is 0 Å². The van der Waals surface area contributed by atoms with Gasteiger partial charge in [-0.25, -0.2) is 0 Å². The number of hydrogen-bond donors (Lipinski definition) is 0. The van der Waals surface area contributed by atoms with E-state index in [1.165, 1.54) is 11.1 Å². The zero-order chi connectivity index (χ0) is 7.56. The van der Waals surface area contributed by atoms with E-state index in [0.29, 0.717) is 5.92 Å². The minimum absolute atomic E-state index is 0. The van der Waals surface area contributed by atoms with Gasteiger partial charge in [0.25, 0.3) is 0 Å². The van der Waals surface area contributed by atoms with Gasteiger partial charge in [-0.3, -0.25) is 0 Å². The summed E-state index contributed by atoms with van der Waals surface area (Å²) in [4.78, 5) is 0. The molecule has 0 atom stereocenters. The molecule has 0 amide bonds. The van der Waals surface area contributed by atoms with Crippen LogP contribution in [0.1, 0.15) is 30.9 Å². The van der Waals surface area contributed by atoms with Crippen LogP contribution < -0.4 is 0 Å². The van der Waals surface area contributed by atoms with E-state index in [1.54, 1.807) is 0 Å². The van der Waals surface area contributed by atoms with Crippen molar-refractivity contribution in [1.82, 2.24) is 0 Å². The first kappa shape index (κ1) is 10.8. The van der Waals surface area contributed by atoms with Gasteiger partial charge < -0.3 is 0 Å². The number of aryl methyl sites for hydroxylation is 1. The quantitative estimate of drug-likeness (QED) is 0.656. The summed E-state index contributed by atoms with van der Waals surface area (Å²) in [5.41, 5.74) is 2.76. The van der Waals surface area contributed by atoms with Crippen molar-refractivity contribution in [3.63, 3.8) is 0 Å². The first-order chi connectivity index (χ1) is 4.70. The van der Waals surface area contributed by atoms with Crippen LogP contribution in [0.5, 0.6) is 0 Å². The SMILES string of the molecule is Cc1ccc(C(C)C)cc1.[Ru+6]. The van der Waals surface area contributed by atoms with Crippen LogP contribution in [0.4, 0.5) is 0 Å². The fourth-order valence-electron chi connectivity index (χ4n) is 0.951. The molecule has 0 N–H and O–H groups in total. The predicted molar refractivity (Wildman–Crippen MR) is 45.3 cm³/mol. The van der Waals surface area contributed by atoms with E-state index in [1.807, 2.05) is 0 Å². The van der Waals surface area contributed by atoms with Crippen LogP contribution in [-0.4, -0.2) is 0 Å². The molecular weight excluding hydrogens is 221 g/mol. The third kappa shape index (κ3) is 3.16. The van der Waals surface area contributed by atoms with E-state index in [4.69, 9.17) is 0 Å². The van der Waals surface area contributed by atoms with Gasteiger partial charge in [0.1, 0.15) is 0 Å². The molecule has 0 unspecified atom stereocenters. The van der Waals surface area contributed by atoms with Crippen molar-refractivity contribution in [3.05, 3.63) is 35.4 Å². The van der Waals surface area contributed by atoms with E-state index >= 15 is 0 Å². The molecule has 0 spiro atoms. The number of benzene rings is 1. The fourth-order valence-corrected chi connectivity index (χ4v) is 0.951. The van der Waals surface area contributed by atoms with Gasteiger partial charge in [-0.05, 0) is 18.4 Å². The minimum atomic E-state index is 0. The second kappa shape index (κ2) is 4.67. The third-order valence-corrected chi connectivity index (χ3v) is 1.74. The smallest absolute Gasteiger partial charge is 0.0590 e. The molecule has 1 heteroatoms. The summed E-state index contributed by atoms with van der Waals surface area (Å²) in [7, 11) is 0. The molecule has 1 rings (SSSR count). The average molecular weight is 235 g/mol. The largest absolute Gasteiger partial charge is 6.00 e. The minimum Gasteiger partial charge on any atom is -0.0590 e. The van der Waals surface area contributed by atoms with Gasteiger partial charge in [-0.2, -0.15) is 0 Å². The molecule has 56 valence electrons. The zero-order valence-corrected chi connectivity index (χ0v) is 8.98. The molecule has 0 aliphatic carbocycles. The Labute approximate surface area is 81.8 Å². The molecule has 0 aliphatic heterocycles. The molecular formula is C10H14Ru+6.